The first-order chi connectivity index (χ1) is 14.0. The first-order valence-electron chi connectivity index (χ1n) is 9.03. The molecule has 0 unspecified atom stereocenters. The number of nitrogens with zero attached hydrogens (tertiary/aromatic N) is 2. The summed E-state index contributed by atoms with van der Waals surface area (Å²) in [6, 6.07) is 14.9. The highest BCUT2D eigenvalue weighted by molar-refractivity contribution is 5.99. The Kier molecular flexibility index (Phi) is 6.67. The summed E-state index contributed by atoms with van der Waals surface area (Å²) in [6.07, 6.45) is 0. The van der Waals surface area contributed by atoms with Crippen LogP contribution in [-0.2, 0) is 25.7 Å². The standard InChI is InChI=1S/C21H22N2O6/c1-15(17-8-9-18-19(10-17)28-14-27-18)22-29-13-21(25)26-12-20(24)23(2)11-16-6-4-3-5-7-16/h3-10H,11-14H2,1-2H3/b22-15+. The van der Waals surface area contributed by atoms with Crippen molar-refractivity contribution in [1.82, 2.24) is 4.90 Å². The fraction of sp³-hybridized carbons (Fsp3) is 0.286. The van der Waals surface area contributed by atoms with E-state index in [-0.39, 0.29) is 19.3 Å². The van der Waals surface area contributed by atoms with E-state index in [0.717, 1.165) is 11.1 Å². The average Bonchev–Trinajstić information content (AvgIpc) is 3.20. The zero-order valence-electron chi connectivity index (χ0n) is 16.3. The Labute approximate surface area is 168 Å². The van der Waals surface area contributed by atoms with Crippen molar-refractivity contribution >= 4 is 17.6 Å². The monoisotopic (exact) mass is 398 g/mol. The maximum atomic E-state index is 12.1. The van der Waals surface area contributed by atoms with Crippen LogP contribution in [-0.4, -0.2) is 49.5 Å². The van der Waals surface area contributed by atoms with Crippen LogP contribution < -0.4 is 9.47 Å². The molecule has 0 aromatic heterocycles. The summed E-state index contributed by atoms with van der Waals surface area (Å²) in [7, 11) is 1.65. The molecular formula is C21H22N2O6. The molecule has 0 fully saturated rings. The van der Waals surface area contributed by atoms with Gasteiger partial charge in [-0.1, -0.05) is 35.5 Å². The Hall–Kier alpha value is -3.55. The fourth-order valence-corrected chi connectivity index (χ4v) is 2.60. The smallest absolute Gasteiger partial charge is 0.347 e. The molecule has 1 heterocycles. The van der Waals surface area contributed by atoms with Gasteiger partial charge in [0.1, 0.15) is 0 Å². The van der Waals surface area contributed by atoms with Crippen LogP contribution in [0.3, 0.4) is 0 Å². The number of carbonyl (C=O) groups excluding carboxylic acids is 2. The van der Waals surface area contributed by atoms with Crippen molar-refractivity contribution in [2.24, 2.45) is 5.16 Å². The number of amides is 1. The van der Waals surface area contributed by atoms with Crippen LogP contribution in [0.1, 0.15) is 18.1 Å². The number of rotatable bonds is 8. The Morgan fingerprint density at radius 2 is 1.83 bits per heavy atom. The van der Waals surface area contributed by atoms with Crippen LogP contribution in [0, 0.1) is 0 Å². The number of esters is 1. The minimum Gasteiger partial charge on any atom is -0.454 e. The van der Waals surface area contributed by atoms with Gasteiger partial charge >= 0.3 is 5.97 Å². The molecule has 8 nitrogen and oxygen atoms in total. The van der Waals surface area contributed by atoms with E-state index in [1.165, 1.54) is 4.90 Å². The minimum absolute atomic E-state index is 0.191. The highest BCUT2D eigenvalue weighted by Crippen LogP contribution is 2.32. The van der Waals surface area contributed by atoms with E-state index in [4.69, 9.17) is 19.0 Å². The van der Waals surface area contributed by atoms with Crippen LogP contribution in [0.2, 0.25) is 0 Å². The lowest BCUT2D eigenvalue weighted by Crippen LogP contribution is -2.31. The predicted octanol–water partition coefficient (Wildman–Crippen LogP) is 2.36. The molecule has 0 radical (unpaired) electrons. The molecule has 2 aromatic rings. The third-order valence-corrected chi connectivity index (χ3v) is 4.22. The molecule has 0 atom stereocenters. The molecule has 1 amide bonds. The fourth-order valence-electron chi connectivity index (χ4n) is 2.60. The van der Waals surface area contributed by atoms with Crippen molar-refractivity contribution in [3.8, 4) is 11.5 Å². The summed E-state index contributed by atoms with van der Waals surface area (Å²) in [5, 5.41) is 3.90. The lowest BCUT2D eigenvalue weighted by molar-refractivity contribution is -0.155. The molecule has 8 heteroatoms. The highest BCUT2D eigenvalue weighted by atomic mass is 16.7. The maximum absolute atomic E-state index is 12.1. The molecule has 1 aliphatic rings. The summed E-state index contributed by atoms with van der Waals surface area (Å²) >= 11 is 0. The molecule has 1 aliphatic heterocycles. The molecule has 0 aliphatic carbocycles. The van der Waals surface area contributed by atoms with Crippen molar-refractivity contribution in [2.45, 2.75) is 13.5 Å². The summed E-state index contributed by atoms with van der Waals surface area (Å²) < 4.78 is 15.5. The minimum atomic E-state index is -0.673. The van der Waals surface area contributed by atoms with Gasteiger partial charge in [-0.2, -0.15) is 0 Å². The number of ether oxygens (including phenoxy) is 3. The van der Waals surface area contributed by atoms with Gasteiger partial charge in [-0.15, -0.1) is 0 Å². The largest absolute Gasteiger partial charge is 0.454 e. The molecule has 3 rings (SSSR count). The zero-order valence-corrected chi connectivity index (χ0v) is 16.3. The molecular weight excluding hydrogens is 376 g/mol. The normalized spacial score (nSPS) is 12.4. The van der Waals surface area contributed by atoms with Gasteiger partial charge in [-0.3, -0.25) is 4.79 Å². The number of oxime groups is 1. The second-order valence-corrected chi connectivity index (χ2v) is 6.41. The van der Waals surface area contributed by atoms with Crippen molar-refractivity contribution in [3.63, 3.8) is 0 Å². The van der Waals surface area contributed by atoms with Gasteiger partial charge in [0, 0.05) is 19.2 Å². The number of carbonyl (C=O) groups is 2. The summed E-state index contributed by atoms with van der Waals surface area (Å²) in [6.45, 7) is 1.63. The molecule has 152 valence electrons. The van der Waals surface area contributed by atoms with Gasteiger partial charge in [0.2, 0.25) is 13.4 Å². The molecule has 0 spiro atoms. The van der Waals surface area contributed by atoms with Crippen LogP contribution >= 0.6 is 0 Å². The number of benzene rings is 2. The molecule has 0 saturated carbocycles. The second kappa shape index (κ2) is 9.59. The topological polar surface area (TPSA) is 86.7 Å². The first kappa shape index (κ1) is 20.2. The Balaban J connectivity index is 1.40. The zero-order chi connectivity index (χ0) is 20.6. The van der Waals surface area contributed by atoms with Gasteiger partial charge in [-0.05, 0) is 30.7 Å². The van der Waals surface area contributed by atoms with Gasteiger partial charge in [0.15, 0.2) is 18.1 Å². The highest BCUT2D eigenvalue weighted by Gasteiger charge is 2.15. The lowest BCUT2D eigenvalue weighted by Gasteiger charge is -2.17. The van der Waals surface area contributed by atoms with Crippen LogP contribution in [0.25, 0.3) is 0 Å². The van der Waals surface area contributed by atoms with Crippen molar-refractivity contribution in [3.05, 3.63) is 59.7 Å². The van der Waals surface area contributed by atoms with E-state index in [2.05, 4.69) is 5.16 Å². The Morgan fingerprint density at radius 3 is 2.62 bits per heavy atom. The van der Waals surface area contributed by atoms with Crippen molar-refractivity contribution in [1.29, 1.82) is 0 Å². The van der Waals surface area contributed by atoms with Gasteiger partial charge in [-0.25, -0.2) is 4.79 Å². The van der Waals surface area contributed by atoms with E-state index in [1.807, 2.05) is 36.4 Å². The molecule has 0 bridgehead atoms. The quantitative estimate of drug-likeness (QED) is 0.385. The second-order valence-electron chi connectivity index (χ2n) is 6.41. The van der Waals surface area contributed by atoms with Crippen molar-refractivity contribution < 1.29 is 28.6 Å². The van der Waals surface area contributed by atoms with Gasteiger partial charge in [0.05, 0.1) is 5.71 Å². The van der Waals surface area contributed by atoms with Gasteiger partial charge < -0.3 is 23.9 Å². The average molecular weight is 398 g/mol. The third-order valence-electron chi connectivity index (χ3n) is 4.22. The molecule has 2 aromatic carbocycles. The summed E-state index contributed by atoms with van der Waals surface area (Å²) in [5.41, 5.74) is 2.33. The van der Waals surface area contributed by atoms with E-state index in [0.29, 0.717) is 23.8 Å². The Morgan fingerprint density at radius 1 is 1.07 bits per heavy atom. The van der Waals surface area contributed by atoms with Crippen LogP contribution in [0.4, 0.5) is 0 Å². The van der Waals surface area contributed by atoms with Gasteiger partial charge in [0.25, 0.3) is 5.91 Å². The number of hydrogen-bond donors (Lipinski definition) is 0. The number of fused-ring (bicyclic) bond motifs is 1. The third kappa shape index (κ3) is 5.71. The predicted molar refractivity (Wildman–Crippen MR) is 105 cm³/mol. The number of hydrogen-bond acceptors (Lipinski definition) is 7. The first-order valence-corrected chi connectivity index (χ1v) is 9.03. The SMILES string of the molecule is C/C(=N\OCC(=O)OCC(=O)N(C)Cc1ccccc1)c1ccc2c(c1)OCO2. The van der Waals surface area contributed by atoms with Crippen LogP contribution in [0.15, 0.2) is 53.7 Å². The van der Waals surface area contributed by atoms with Crippen LogP contribution in [0.5, 0.6) is 11.5 Å². The van der Waals surface area contributed by atoms with Crippen molar-refractivity contribution in [2.75, 3.05) is 27.1 Å². The maximum Gasteiger partial charge on any atom is 0.347 e. The van der Waals surface area contributed by atoms with E-state index in [9.17, 15) is 9.59 Å². The summed E-state index contributed by atoms with van der Waals surface area (Å²) in [5.74, 6) is 0.332. The van der Waals surface area contributed by atoms with E-state index >= 15 is 0 Å². The lowest BCUT2D eigenvalue weighted by atomic mass is 10.1. The number of likely N-dealkylation sites (N-methyl/N-ethyl adjacent to an activating group) is 1. The molecule has 29 heavy (non-hydrogen) atoms. The Bertz CT molecular complexity index is 897. The van der Waals surface area contributed by atoms with E-state index < -0.39 is 12.6 Å². The van der Waals surface area contributed by atoms with E-state index in [1.54, 1.807) is 26.1 Å². The summed E-state index contributed by atoms with van der Waals surface area (Å²) in [4.78, 5) is 30.4. The molecule has 0 N–H and O–H groups in total. The molecule has 0 saturated heterocycles.